The zero-order valence-corrected chi connectivity index (χ0v) is 11.4. The maximum Gasteiger partial charge on any atom is 0.339 e. The number of nitrogens with one attached hydrogen (secondary N) is 1. The first-order chi connectivity index (χ1) is 8.49. The minimum atomic E-state index is -1.04. The number of carboxylic acids is 1. The van der Waals surface area contributed by atoms with Gasteiger partial charge in [0, 0.05) is 17.5 Å². The summed E-state index contributed by atoms with van der Waals surface area (Å²) >= 11 is 1.55. The molecule has 0 aliphatic heterocycles. The molecule has 6 nitrogen and oxygen atoms in total. The Hall–Kier alpha value is -1.34. The van der Waals surface area contributed by atoms with Gasteiger partial charge < -0.3 is 15.5 Å². The first-order valence-electron chi connectivity index (χ1n) is 5.46. The molecule has 0 saturated carbocycles. The van der Waals surface area contributed by atoms with Gasteiger partial charge in [0.25, 0.3) is 0 Å². The number of carboxylic acid groups (broad SMARTS) is 1. The van der Waals surface area contributed by atoms with Crippen LogP contribution in [0.5, 0.6) is 0 Å². The molecule has 100 valence electrons. The van der Waals surface area contributed by atoms with E-state index in [1.807, 2.05) is 13.2 Å². The molecule has 0 amide bonds. The number of hydrogen-bond donors (Lipinski definition) is 3. The minimum absolute atomic E-state index is 0.0138. The number of aromatic nitrogens is 2. The quantitative estimate of drug-likeness (QED) is 0.710. The van der Waals surface area contributed by atoms with Gasteiger partial charge in [-0.2, -0.15) is 11.8 Å². The van der Waals surface area contributed by atoms with Gasteiger partial charge in [-0.05, 0) is 20.1 Å². The van der Waals surface area contributed by atoms with E-state index in [2.05, 4.69) is 15.3 Å². The van der Waals surface area contributed by atoms with Gasteiger partial charge in [-0.1, -0.05) is 0 Å². The summed E-state index contributed by atoms with van der Waals surface area (Å²) < 4.78 is 0. The van der Waals surface area contributed by atoms with Crippen LogP contribution in [0.15, 0.2) is 6.20 Å². The Morgan fingerprint density at radius 2 is 2.28 bits per heavy atom. The summed E-state index contributed by atoms with van der Waals surface area (Å²) in [6.45, 7) is 3.60. The molecule has 1 aromatic heterocycles. The highest BCUT2D eigenvalue weighted by Gasteiger charge is 2.17. The number of aliphatic hydroxyl groups is 1. The number of nitrogens with zero attached hydrogens (tertiary/aromatic N) is 2. The topological polar surface area (TPSA) is 95.3 Å². The van der Waals surface area contributed by atoms with Gasteiger partial charge in [-0.15, -0.1) is 0 Å². The van der Waals surface area contributed by atoms with E-state index in [4.69, 9.17) is 10.2 Å². The van der Waals surface area contributed by atoms with Gasteiger partial charge in [0.1, 0.15) is 0 Å². The number of aromatic carboxylic acids is 1. The molecule has 0 fully saturated rings. The molecular formula is C11H17N3O3S. The molecule has 1 heterocycles. The van der Waals surface area contributed by atoms with Crippen LogP contribution in [0.3, 0.4) is 0 Å². The number of anilines is 1. The van der Waals surface area contributed by atoms with E-state index in [0.717, 1.165) is 0 Å². The van der Waals surface area contributed by atoms with Crippen molar-refractivity contribution in [2.75, 3.05) is 18.2 Å². The number of carbonyl (C=O) groups is 1. The van der Waals surface area contributed by atoms with Crippen LogP contribution in [-0.2, 0) is 0 Å². The van der Waals surface area contributed by atoms with Crippen LogP contribution >= 0.6 is 11.8 Å². The van der Waals surface area contributed by atoms with E-state index in [1.54, 1.807) is 18.7 Å². The maximum atomic E-state index is 10.8. The van der Waals surface area contributed by atoms with Crippen LogP contribution in [0.25, 0.3) is 0 Å². The summed E-state index contributed by atoms with van der Waals surface area (Å²) in [5, 5.41) is 21.1. The summed E-state index contributed by atoms with van der Waals surface area (Å²) in [4.78, 5) is 18.9. The van der Waals surface area contributed by atoms with Crippen LogP contribution in [0, 0.1) is 6.92 Å². The monoisotopic (exact) mass is 271 g/mol. The van der Waals surface area contributed by atoms with E-state index in [-0.39, 0.29) is 23.5 Å². The van der Waals surface area contributed by atoms with E-state index >= 15 is 0 Å². The lowest BCUT2D eigenvalue weighted by Gasteiger charge is -2.21. The van der Waals surface area contributed by atoms with Crippen LogP contribution in [0.2, 0.25) is 0 Å². The second-order valence-corrected chi connectivity index (χ2v) is 4.96. The molecule has 7 heteroatoms. The fourth-order valence-corrected chi connectivity index (χ4v) is 2.11. The van der Waals surface area contributed by atoms with Crippen molar-refractivity contribution in [3.63, 3.8) is 0 Å². The Kier molecular flexibility index (Phi) is 5.36. The van der Waals surface area contributed by atoms with Gasteiger partial charge in [-0.25, -0.2) is 14.8 Å². The Morgan fingerprint density at radius 3 is 2.72 bits per heavy atom. The van der Waals surface area contributed by atoms with Crippen molar-refractivity contribution in [1.29, 1.82) is 0 Å². The molecule has 0 radical (unpaired) electrons. The molecule has 0 aromatic carbocycles. The summed E-state index contributed by atoms with van der Waals surface area (Å²) in [6.07, 6.45) is 3.20. The zero-order chi connectivity index (χ0) is 13.7. The normalized spacial score (nSPS) is 14.0. The molecule has 1 aromatic rings. The van der Waals surface area contributed by atoms with Crippen molar-refractivity contribution in [2.45, 2.75) is 25.1 Å². The summed E-state index contributed by atoms with van der Waals surface area (Å²) in [6, 6.07) is -0.0138. The first-order valence-corrected chi connectivity index (χ1v) is 6.75. The molecule has 1 rings (SSSR count). The average molecular weight is 271 g/mol. The second kappa shape index (κ2) is 6.55. The minimum Gasteiger partial charge on any atom is -0.478 e. The maximum absolute atomic E-state index is 10.8. The lowest BCUT2D eigenvalue weighted by Crippen LogP contribution is -2.31. The third kappa shape index (κ3) is 3.58. The Balaban J connectivity index is 2.80. The highest BCUT2D eigenvalue weighted by Crippen LogP contribution is 2.14. The SMILES string of the molecule is CSC(CO)C(C)Nc1ncc(C(=O)O)c(C)n1. The molecule has 0 bridgehead atoms. The van der Waals surface area contributed by atoms with E-state index in [9.17, 15) is 4.79 Å². The van der Waals surface area contributed by atoms with Crippen molar-refractivity contribution < 1.29 is 15.0 Å². The van der Waals surface area contributed by atoms with Crippen LogP contribution in [0.4, 0.5) is 5.95 Å². The van der Waals surface area contributed by atoms with E-state index < -0.39 is 5.97 Å². The Morgan fingerprint density at radius 1 is 1.61 bits per heavy atom. The lowest BCUT2D eigenvalue weighted by atomic mass is 10.2. The third-order valence-electron chi connectivity index (χ3n) is 2.61. The van der Waals surface area contributed by atoms with Gasteiger partial charge in [0.2, 0.25) is 5.95 Å². The molecule has 0 saturated heterocycles. The third-order valence-corrected chi connectivity index (χ3v) is 3.77. The number of rotatable bonds is 6. The molecular weight excluding hydrogens is 254 g/mol. The number of hydrogen-bond acceptors (Lipinski definition) is 6. The lowest BCUT2D eigenvalue weighted by molar-refractivity contribution is 0.0695. The standard InChI is InChI=1S/C11H17N3O3S/c1-6-8(10(16)17)4-12-11(13-6)14-7(2)9(5-15)18-3/h4,7,9,15H,5H2,1-3H3,(H,16,17)(H,12,13,14). The molecule has 3 N–H and O–H groups in total. The van der Waals surface area contributed by atoms with Crippen LogP contribution in [-0.4, -0.2) is 50.3 Å². The van der Waals surface area contributed by atoms with Crippen molar-refractivity contribution in [3.05, 3.63) is 17.5 Å². The van der Waals surface area contributed by atoms with Crippen LogP contribution < -0.4 is 5.32 Å². The second-order valence-electron chi connectivity index (χ2n) is 3.89. The number of thioether (sulfide) groups is 1. The smallest absolute Gasteiger partial charge is 0.339 e. The molecule has 2 unspecified atom stereocenters. The largest absolute Gasteiger partial charge is 0.478 e. The number of aryl methyl sites for hydroxylation is 1. The predicted octanol–water partition coefficient (Wildman–Crippen LogP) is 1.01. The Bertz CT molecular complexity index is 424. The van der Waals surface area contributed by atoms with Crippen molar-refractivity contribution in [3.8, 4) is 0 Å². The van der Waals surface area contributed by atoms with Crippen molar-refractivity contribution in [1.82, 2.24) is 9.97 Å². The van der Waals surface area contributed by atoms with E-state index in [1.165, 1.54) is 6.20 Å². The predicted molar refractivity (Wildman–Crippen MR) is 71.2 cm³/mol. The summed E-state index contributed by atoms with van der Waals surface area (Å²) in [7, 11) is 0. The molecule has 0 aliphatic carbocycles. The fraction of sp³-hybridized carbons (Fsp3) is 0.545. The summed E-state index contributed by atoms with van der Waals surface area (Å²) in [5.41, 5.74) is 0.508. The number of aliphatic hydroxyl groups excluding tert-OH is 1. The van der Waals surface area contributed by atoms with Crippen molar-refractivity contribution >= 4 is 23.7 Å². The van der Waals surface area contributed by atoms with Gasteiger partial charge >= 0.3 is 5.97 Å². The molecule has 0 aliphatic rings. The summed E-state index contributed by atoms with van der Waals surface area (Å²) in [5.74, 6) is -0.665. The highest BCUT2D eigenvalue weighted by molar-refractivity contribution is 7.99. The van der Waals surface area contributed by atoms with Gasteiger partial charge in [0.05, 0.1) is 17.9 Å². The molecule has 18 heavy (non-hydrogen) atoms. The first kappa shape index (κ1) is 14.7. The zero-order valence-electron chi connectivity index (χ0n) is 10.5. The van der Waals surface area contributed by atoms with Gasteiger partial charge in [-0.3, -0.25) is 0 Å². The fourth-order valence-electron chi connectivity index (χ4n) is 1.48. The van der Waals surface area contributed by atoms with Gasteiger partial charge in [0.15, 0.2) is 0 Å². The van der Waals surface area contributed by atoms with E-state index in [0.29, 0.717) is 11.6 Å². The highest BCUT2D eigenvalue weighted by atomic mass is 32.2. The van der Waals surface area contributed by atoms with Crippen molar-refractivity contribution in [2.24, 2.45) is 0 Å². The molecule has 2 atom stereocenters. The van der Waals surface area contributed by atoms with Crippen LogP contribution in [0.1, 0.15) is 23.0 Å². The average Bonchev–Trinajstić information content (AvgIpc) is 2.30. The molecule has 0 spiro atoms. The Labute approximate surface area is 110 Å².